The standard InChI is InChI=1S/C47H48N6O5/c1-33-43(31-52-24-26-53(27-25-52)46-48-22-7-23-49-46)57-45(58-44(33)36-16-14-34(32-54)15-17-36)39-11-6-10-38(29-39)37-9-5-8-35(28-37)30-50-47(55)51-40-18-20-42(21-19-40)56-41-12-3-2-4-13-41/h2-23,28-29,33,43-45,54H,24-27,30-32H2,1H3,(H2,50,51,55). The number of para-hydroxylation sites is 1. The second-order valence-corrected chi connectivity index (χ2v) is 14.7. The predicted molar refractivity (Wildman–Crippen MR) is 224 cm³/mol. The van der Waals surface area contributed by atoms with Gasteiger partial charge in [-0.3, -0.25) is 4.90 Å². The van der Waals surface area contributed by atoms with Gasteiger partial charge >= 0.3 is 6.03 Å². The van der Waals surface area contributed by atoms with Crippen LogP contribution in [0.15, 0.2) is 146 Å². The third-order valence-electron chi connectivity index (χ3n) is 10.7. The molecular formula is C47H48N6O5. The summed E-state index contributed by atoms with van der Waals surface area (Å²) in [6, 6.07) is 42.9. The Kier molecular flexibility index (Phi) is 12.3. The Labute approximate surface area is 339 Å². The molecule has 2 amide bonds. The van der Waals surface area contributed by atoms with Gasteiger partial charge in [-0.05, 0) is 82.4 Å². The number of rotatable bonds is 12. The fourth-order valence-corrected chi connectivity index (χ4v) is 7.48. The summed E-state index contributed by atoms with van der Waals surface area (Å²) in [4.78, 5) is 26.4. The van der Waals surface area contributed by atoms with Crippen molar-refractivity contribution in [3.05, 3.63) is 168 Å². The van der Waals surface area contributed by atoms with Crippen LogP contribution in [0.25, 0.3) is 11.1 Å². The van der Waals surface area contributed by atoms with Crippen molar-refractivity contribution in [2.45, 2.75) is 38.6 Å². The van der Waals surface area contributed by atoms with E-state index in [1.165, 1.54) is 0 Å². The molecular weight excluding hydrogens is 729 g/mol. The maximum Gasteiger partial charge on any atom is 0.319 e. The van der Waals surface area contributed by atoms with E-state index in [4.69, 9.17) is 14.2 Å². The molecule has 6 aromatic rings. The minimum Gasteiger partial charge on any atom is -0.457 e. The van der Waals surface area contributed by atoms with Crippen LogP contribution in [0.1, 0.15) is 41.6 Å². The Morgan fingerprint density at radius 1 is 0.741 bits per heavy atom. The molecule has 4 unspecified atom stereocenters. The Morgan fingerprint density at radius 3 is 2.19 bits per heavy atom. The highest BCUT2D eigenvalue weighted by molar-refractivity contribution is 5.89. The number of benzene rings is 5. The lowest BCUT2D eigenvalue weighted by atomic mass is 9.89. The molecule has 2 saturated heterocycles. The lowest BCUT2D eigenvalue weighted by molar-refractivity contribution is -0.276. The first-order valence-electron chi connectivity index (χ1n) is 19.8. The zero-order chi connectivity index (χ0) is 39.7. The Balaban J connectivity index is 0.926. The van der Waals surface area contributed by atoms with Crippen molar-refractivity contribution < 1.29 is 24.1 Å². The molecule has 2 aliphatic rings. The maximum atomic E-state index is 12.8. The van der Waals surface area contributed by atoms with E-state index >= 15 is 0 Å². The molecule has 3 heterocycles. The number of anilines is 2. The van der Waals surface area contributed by atoms with Crippen molar-refractivity contribution in [2.75, 3.05) is 42.9 Å². The molecule has 4 atom stereocenters. The summed E-state index contributed by atoms with van der Waals surface area (Å²) in [6.45, 7) is 6.77. The van der Waals surface area contributed by atoms with E-state index in [1.807, 2.05) is 91.0 Å². The molecule has 5 aromatic carbocycles. The molecule has 0 spiro atoms. The SMILES string of the molecule is CC1C(CN2CCN(c3ncccn3)CC2)OC(c2cccc(-c3cccc(CNC(=O)Nc4ccc(Oc5ccccc5)cc4)c3)c2)OC1c1ccc(CO)cc1. The van der Waals surface area contributed by atoms with Gasteiger partial charge in [0.25, 0.3) is 0 Å². The number of urea groups is 1. The molecule has 0 bridgehead atoms. The molecule has 0 radical (unpaired) electrons. The normalized spacial score (nSPS) is 19.7. The number of ether oxygens (including phenoxy) is 3. The first-order valence-corrected chi connectivity index (χ1v) is 19.8. The van der Waals surface area contributed by atoms with Crippen molar-refractivity contribution in [1.82, 2.24) is 20.2 Å². The molecule has 3 N–H and O–H groups in total. The number of aliphatic hydroxyl groups excluding tert-OH is 1. The summed E-state index contributed by atoms with van der Waals surface area (Å²) in [5.41, 5.74) is 6.53. The number of carbonyl (C=O) groups excluding carboxylic acids is 1. The Morgan fingerprint density at radius 2 is 1.45 bits per heavy atom. The largest absolute Gasteiger partial charge is 0.457 e. The molecule has 11 heteroatoms. The summed E-state index contributed by atoms with van der Waals surface area (Å²) in [7, 11) is 0. The highest BCUT2D eigenvalue weighted by atomic mass is 16.7. The number of hydrogen-bond donors (Lipinski definition) is 3. The zero-order valence-electron chi connectivity index (χ0n) is 32.5. The smallest absolute Gasteiger partial charge is 0.319 e. The fourth-order valence-electron chi connectivity index (χ4n) is 7.48. The minimum atomic E-state index is -0.588. The molecule has 0 saturated carbocycles. The van der Waals surface area contributed by atoms with E-state index in [2.05, 4.69) is 79.8 Å². The van der Waals surface area contributed by atoms with Gasteiger partial charge in [-0.15, -0.1) is 0 Å². The van der Waals surface area contributed by atoms with Crippen molar-refractivity contribution in [3.63, 3.8) is 0 Å². The number of hydrogen-bond acceptors (Lipinski definition) is 9. The van der Waals surface area contributed by atoms with Crippen LogP contribution in [0.2, 0.25) is 0 Å². The molecule has 296 valence electrons. The lowest BCUT2D eigenvalue weighted by Crippen LogP contribution is -2.51. The van der Waals surface area contributed by atoms with Gasteiger partial charge in [0, 0.05) is 68.8 Å². The fraction of sp³-hybridized carbons (Fsp3) is 0.255. The van der Waals surface area contributed by atoms with Crippen LogP contribution in [-0.4, -0.2) is 64.8 Å². The molecule has 11 nitrogen and oxygen atoms in total. The topological polar surface area (TPSA) is 121 Å². The average Bonchev–Trinajstić information content (AvgIpc) is 3.28. The van der Waals surface area contributed by atoms with Crippen LogP contribution in [0.5, 0.6) is 11.5 Å². The summed E-state index contributed by atoms with van der Waals surface area (Å²) >= 11 is 0. The van der Waals surface area contributed by atoms with Crippen molar-refractivity contribution in [2.24, 2.45) is 5.92 Å². The molecule has 8 rings (SSSR count). The number of nitrogens with zero attached hydrogens (tertiary/aromatic N) is 4. The van der Waals surface area contributed by atoms with Crippen LogP contribution in [0.3, 0.4) is 0 Å². The van der Waals surface area contributed by atoms with Crippen LogP contribution >= 0.6 is 0 Å². The van der Waals surface area contributed by atoms with E-state index in [0.29, 0.717) is 18.0 Å². The summed E-state index contributed by atoms with van der Waals surface area (Å²) in [5.74, 6) is 2.28. The monoisotopic (exact) mass is 776 g/mol. The van der Waals surface area contributed by atoms with Gasteiger partial charge in [0.2, 0.25) is 5.95 Å². The van der Waals surface area contributed by atoms with E-state index in [-0.39, 0.29) is 30.8 Å². The Hall–Kier alpha value is -6.11. The van der Waals surface area contributed by atoms with Gasteiger partial charge in [-0.25, -0.2) is 14.8 Å². The summed E-state index contributed by atoms with van der Waals surface area (Å²) < 4.78 is 19.5. The first kappa shape index (κ1) is 38.7. The van der Waals surface area contributed by atoms with Crippen molar-refractivity contribution in [3.8, 4) is 22.6 Å². The number of nitrogens with one attached hydrogen (secondary N) is 2. The quantitative estimate of drug-likeness (QED) is 0.113. The first-order chi connectivity index (χ1) is 28.5. The molecule has 2 fully saturated rings. The second-order valence-electron chi connectivity index (χ2n) is 14.7. The van der Waals surface area contributed by atoms with Gasteiger partial charge in [0.05, 0.1) is 18.8 Å². The molecule has 58 heavy (non-hydrogen) atoms. The Bertz CT molecular complexity index is 2240. The molecule has 1 aromatic heterocycles. The van der Waals surface area contributed by atoms with Gasteiger partial charge in [-0.2, -0.15) is 0 Å². The highest BCUT2D eigenvalue weighted by Crippen LogP contribution is 2.42. The third-order valence-corrected chi connectivity index (χ3v) is 10.7. The number of aromatic nitrogens is 2. The summed E-state index contributed by atoms with van der Waals surface area (Å²) in [5, 5.41) is 15.6. The second kappa shape index (κ2) is 18.4. The van der Waals surface area contributed by atoms with Crippen molar-refractivity contribution in [1.29, 1.82) is 0 Å². The van der Waals surface area contributed by atoms with Crippen LogP contribution < -0.4 is 20.3 Å². The number of carbonyl (C=O) groups is 1. The zero-order valence-corrected chi connectivity index (χ0v) is 32.5. The number of amides is 2. The van der Waals surface area contributed by atoms with Crippen LogP contribution in [0, 0.1) is 5.92 Å². The van der Waals surface area contributed by atoms with Gasteiger partial charge in [0.1, 0.15) is 11.5 Å². The lowest BCUT2D eigenvalue weighted by Gasteiger charge is -2.44. The van der Waals surface area contributed by atoms with Gasteiger partial charge in [-0.1, -0.05) is 85.8 Å². The van der Waals surface area contributed by atoms with Crippen LogP contribution in [-0.2, 0) is 22.6 Å². The van der Waals surface area contributed by atoms with Crippen molar-refractivity contribution >= 4 is 17.7 Å². The van der Waals surface area contributed by atoms with E-state index in [0.717, 1.165) is 77.8 Å². The van der Waals surface area contributed by atoms with Gasteiger partial charge in [0.15, 0.2) is 6.29 Å². The van der Waals surface area contributed by atoms with Gasteiger partial charge < -0.3 is 34.9 Å². The molecule has 2 aliphatic heterocycles. The van der Waals surface area contributed by atoms with E-state index < -0.39 is 6.29 Å². The average molecular weight is 777 g/mol. The van der Waals surface area contributed by atoms with Crippen LogP contribution in [0.4, 0.5) is 16.4 Å². The van der Waals surface area contributed by atoms with E-state index in [1.54, 1.807) is 12.4 Å². The maximum absolute atomic E-state index is 12.8. The van der Waals surface area contributed by atoms with E-state index in [9.17, 15) is 9.90 Å². The third kappa shape index (κ3) is 9.70. The number of aliphatic hydroxyl groups is 1. The predicted octanol–water partition coefficient (Wildman–Crippen LogP) is 8.36. The number of piperazine rings is 1. The highest BCUT2D eigenvalue weighted by Gasteiger charge is 2.39. The summed E-state index contributed by atoms with van der Waals surface area (Å²) in [6.07, 6.45) is 2.69. The minimum absolute atomic E-state index is 0.00650. The molecule has 0 aliphatic carbocycles.